The highest BCUT2D eigenvalue weighted by atomic mass is 32.2. The van der Waals surface area contributed by atoms with Crippen LogP contribution in [0.1, 0.15) is 6.42 Å². The second-order valence-corrected chi connectivity index (χ2v) is 6.37. The summed E-state index contributed by atoms with van der Waals surface area (Å²) in [5, 5.41) is 8.06. The maximum atomic E-state index is 12.0. The van der Waals surface area contributed by atoms with E-state index in [-0.39, 0.29) is 13.2 Å². The molecule has 1 aliphatic heterocycles. The highest BCUT2D eigenvalue weighted by molar-refractivity contribution is 7.85. The number of amides is 1. The molecule has 2 rings (SSSR count). The highest BCUT2D eigenvalue weighted by Gasteiger charge is 2.36. The molecule has 1 fully saturated rings. The average Bonchev–Trinajstić information content (AvgIpc) is 2.86. The van der Waals surface area contributed by atoms with Gasteiger partial charge in [-0.25, -0.2) is 0 Å². The molecule has 1 aliphatic rings. The van der Waals surface area contributed by atoms with E-state index in [4.69, 9.17) is 14.6 Å². The van der Waals surface area contributed by atoms with Gasteiger partial charge in [0.15, 0.2) is 11.5 Å². The van der Waals surface area contributed by atoms with Crippen molar-refractivity contribution in [3.8, 4) is 11.5 Å². The molecule has 0 aromatic heterocycles. The van der Waals surface area contributed by atoms with Gasteiger partial charge in [0.1, 0.15) is 18.4 Å². The Labute approximate surface area is 130 Å². The van der Waals surface area contributed by atoms with Gasteiger partial charge in [-0.3, -0.25) is 13.8 Å². The van der Waals surface area contributed by atoms with Crippen LogP contribution in [0.4, 0.5) is 0 Å². The van der Waals surface area contributed by atoms with Crippen molar-refractivity contribution in [2.45, 2.75) is 11.8 Å². The first-order valence-electron chi connectivity index (χ1n) is 6.67. The Morgan fingerprint density at radius 3 is 2.68 bits per heavy atom. The van der Waals surface area contributed by atoms with Crippen LogP contribution < -0.4 is 9.47 Å². The maximum absolute atomic E-state index is 12.0. The van der Waals surface area contributed by atoms with Gasteiger partial charge in [-0.15, -0.1) is 0 Å². The minimum atomic E-state index is -1.26. The van der Waals surface area contributed by atoms with Gasteiger partial charge >= 0.3 is 5.97 Å². The first-order valence-corrected chi connectivity index (χ1v) is 8.05. The SMILES string of the molecule is COc1ccccc1OC[C@H]1N(C(=O)CC(=O)O)CCS1=O. The van der Waals surface area contributed by atoms with E-state index in [1.54, 1.807) is 24.3 Å². The van der Waals surface area contributed by atoms with Gasteiger partial charge in [0.25, 0.3) is 0 Å². The summed E-state index contributed by atoms with van der Waals surface area (Å²) in [4.78, 5) is 23.8. The number of aliphatic carboxylic acids is 1. The summed E-state index contributed by atoms with van der Waals surface area (Å²) < 4.78 is 22.8. The van der Waals surface area contributed by atoms with Gasteiger partial charge in [-0.05, 0) is 12.1 Å². The molecule has 1 unspecified atom stereocenters. The van der Waals surface area contributed by atoms with E-state index in [9.17, 15) is 13.8 Å². The number of ether oxygens (including phenoxy) is 2. The number of hydrogen-bond donors (Lipinski definition) is 1. The lowest BCUT2D eigenvalue weighted by molar-refractivity contribution is -0.144. The fraction of sp³-hybridized carbons (Fsp3) is 0.429. The minimum absolute atomic E-state index is 0.0261. The van der Waals surface area contributed by atoms with Crippen LogP contribution >= 0.6 is 0 Å². The Bertz CT molecular complexity index is 590. The van der Waals surface area contributed by atoms with E-state index in [1.807, 2.05) is 0 Å². The molecule has 0 radical (unpaired) electrons. The lowest BCUT2D eigenvalue weighted by atomic mass is 10.3. The van der Waals surface area contributed by atoms with E-state index in [1.165, 1.54) is 12.0 Å². The molecule has 8 heteroatoms. The van der Waals surface area contributed by atoms with Crippen LogP contribution in [0.15, 0.2) is 24.3 Å². The average molecular weight is 327 g/mol. The molecule has 120 valence electrons. The van der Waals surface area contributed by atoms with Gasteiger partial charge in [0, 0.05) is 23.1 Å². The number of para-hydroxylation sites is 2. The van der Waals surface area contributed by atoms with Crippen LogP contribution in [0.3, 0.4) is 0 Å². The largest absolute Gasteiger partial charge is 0.493 e. The summed E-state index contributed by atoms with van der Waals surface area (Å²) in [6, 6.07) is 7.01. The standard InChI is InChI=1S/C14H17NO6S/c1-20-10-4-2-3-5-11(10)21-9-13-15(6-7-22(13)19)12(16)8-14(17)18/h2-5,13H,6-9H2,1H3,(H,17,18)/t13-,22?/m0/s1. The number of methoxy groups -OCH3 is 1. The number of hydrogen-bond acceptors (Lipinski definition) is 5. The molecule has 0 saturated carbocycles. The lowest BCUT2D eigenvalue weighted by Gasteiger charge is -2.23. The number of benzene rings is 1. The molecule has 1 amide bonds. The zero-order chi connectivity index (χ0) is 16.1. The van der Waals surface area contributed by atoms with Crippen LogP contribution in [0.5, 0.6) is 11.5 Å². The Balaban J connectivity index is 2.04. The number of carboxylic acid groups (broad SMARTS) is 1. The van der Waals surface area contributed by atoms with E-state index in [2.05, 4.69) is 0 Å². The predicted molar refractivity (Wildman–Crippen MR) is 79.3 cm³/mol. The third kappa shape index (κ3) is 3.76. The zero-order valence-corrected chi connectivity index (χ0v) is 12.9. The van der Waals surface area contributed by atoms with E-state index < -0.39 is 34.5 Å². The Hall–Kier alpha value is -2.09. The number of carbonyl (C=O) groups excluding carboxylic acids is 1. The molecule has 1 N–H and O–H groups in total. The van der Waals surface area contributed by atoms with Crippen LogP contribution in [0.25, 0.3) is 0 Å². The van der Waals surface area contributed by atoms with Crippen LogP contribution in [-0.4, -0.2) is 57.5 Å². The van der Waals surface area contributed by atoms with Crippen molar-refractivity contribution in [3.05, 3.63) is 24.3 Å². The number of nitrogens with zero attached hydrogens (tertiary/aromatic N) is 1. The van der Waals surface area contributed by atoms with Crippen LogP contribution in [-0.2, 0) is 20.4 Å². The molecule has 22 heavy (non-hydrogen) atoms. The number of rotatable bonds is 6. The molecule has 1 aromatic rings. The normalized spacial score (nSPS) is 20.7. The maximum Gasteiger partial charge on any atom is 0.312 e. The van der Waals surface area contributed by atoms with Gasteiger partial charge in [-0.1, -0.05) is 12.1 Å². The van der Waals surface area contributed by atoms with Gasteiger partial charge in [-0.2, -0.15) is 0 Å². The summed E-state index contributed by atoms with van der Waals surface area (Å²) in [6.45, 7) is 0.303. The number of carbonyl (C=O) groups is 2. The van der Waals surface area contributed by atoms with E-state index in [0.717, 1.165) is 0 Å². The van der Waals surface area contributed by atoms with Crippen molar-refractivity contribution >= 4 is 22.7 Å². The van der Waals surface area contributed by atoms with Gasteiger partial charge in [0.2, 0.25) is 5.91 Å². The molecule has 1 heterocycles. The Morgan fingerprint density at radius 2 is 2.05 bits per heavy atom. The molecule has 2 atom stereocenters. The fourth-order valence-corrected chi connectivity index (χ4v) is 3.57. The summed E-state index contributed by atoms with van der Waals surface area (Å²) in [6.07, 6.45) is -0.609. The number of carboxylic acids is 1. The quantitative estimate of drug-likeness (QED) is 0.763. The second-order valence-electron chi connectivity index (χ2n) is 4.66. The first-order chi connectivity index (χ1) is 10.5. The zero-order valence-electron chi connectivity index (χ0n) is 12.1. The third-order valence-electron chi connectivity index (χ3n) is 3.26. The Kier molecular flexibility index (Phi) is 5.37. The van der Waals surface area contributed by atoms with Crippen molar-refractivity contribution in [1.82, 2.24) is 4.90 Å². The van der Waals surface area contributed by atoms with Crippen LogP contribution in [0.2, 0.25) is 0 Å². The van der Waals surface area contributed by atoms with Crippen molar-refractivity contribution in [1.29, 1.82) is 0 Å². The first kappa shape index (κ1) is 16.3. The fourth-order valence-electron chi connectivity index (χ4n) is 2.19. The molecule has 1 aromatic carbocycles. The van der Waals surface area contributed by atoms with Crippen molar-refractivity contribution in [2.75, 3.05) is 26.0 Å². The van der Waals surface area contributed by atoms with Gasteiger partial charge in [0.05, 0.1) is 7.11 Å². The van der Waals surface area contributed by atoms with E-state index in [0.29, 0.717) is 17.3 Å². The molecular weight excluding hydrogens is 310 g/mol. The Morgan fingerprint density at radius 1 is 1.36 bits per heavy atom. The van der Waals surface area contributed by atoms with Crippen molar-refractivity contribution < 1.29 is 28.4 Å². The van der Waals surface area contributed by atoms with Crippen LogP contribution in [0, 0.1) is 0 Å². The topological polar surface area (TPSA) is 93.1 Å². The monoisotopic (exact) mass is 327 g/mol. The minimum Gasteiger partial charge on any atom is -0.493 e. The highest BCUT2D eigenvalue weighted by Crippen LogP contribution is 2.27. The predicted octanol–water partition coefficient (Wildman–Crippen LogP) is 0.466. The molecule has 0 spiro atoms. The molecule has 0 aliphatic carbocycles. The summed E-state index contributed by atoms with van der Waals surface area (Å²) in [5.41, 5.74) is 0. The summed E-state index contributed by atoms with van der Waals surface area (Å²) >= 11 is 0. The van der Waals surface area contributed by atoms with E-state index >= 15 is 0 Å². The molecule has 0 bridgehead atoms. The lowest BCUT2D eigenvalue weighted by Crippen LogP contribution is -2.41. The van der Waals surface area contributed by atoms with Crippen molar-refractivity contribution in [2.24, 2.45) is 0 Å². The summed E-state index contributed by atoms with van der Waals surface area (Å²) in [5.74, 6) is -0.404. The summed E-state index contributed by atoms with van der Waals surface area (Å²) in [7, 11) is 0.251. The molecule has 1 saturated heterocycles. The second kappa shape index (κ2) is 7.26. The van der Waals surface area contributed by atoms with Gasteiger partial charge < -0.3 is 19.5 Å². The van der Waals surface area contributed by atoms with Crippen molar-refractivity contribution in [3.63, 3.8) is 0 Å². The molecule has 7 nitrogen and oxygen atoms in total. The molecular formula is C14H17NO6S. The third-order valence-corrected chi connectivity index (χ3v) is 4.84. The smallest absolute Gasteiger partial charge is 0.312 e.